The van der Waals surface area contributed by atoms with Gasteiger partial charge in [0.25, 0.3) is 0 Å². The number of nitrogens with two attached hydrogens (primary N) is 2. The van der Waals surface area contributed by atoms with E-state index >= 15 is 0 Å². The Hall–Kier alpha value is -1.61. The van der Waals surface area contributed by atoms with Gasteiger partial charge in [0.2, 0.25) is 5.88 Å². The SMILES string of the molecule is CNC1(CCN(C)C)NC(OCC(F)(F)F)=C(N)C=C1N. The Labute approximate surface area is 122 Å². The average molecular weight is 309 g/mol. The molecular formula is C12H22F3N5O. The summed E-state index contributed by atoms with van der Waals surface area (Å²) >= 11 is 0. The molecule has 1 aliphatic heterocycles. The number of hydrogen-bond acceptors (Lipinski definition) is 6. The maximum Gasteiger partial charge on any atom is 0.422 e. The molecule has 1 aliphatic rings. The Bertz CT molecular complexity index is 433. The molecule has 1 rings (SSSR count). The van der Waals surface area contributed by atoms with E-state index in [0.717, 1.165) is 0 Å². The molecule has 0 spiro atoms. The first kappa shape index (κ1) is 17.4. The summed E-state index contributed by atoms with van der Waals surface area (Å²) in [6.45, 7) is -0.758. The Kier molecular flexibility index (Phi) is 5.35. The zero-order valence-corrected chi connectivity index (χ0v) is 12.3. The van der Waals surface area contributed by atoms with Crippen molar-refractivity contribution in [3.63, 3.8) is 0 Å². The molecule has 0 fully saturated rings. The monoisotopic (exact) mass is 309 g/mol. The maximum absolute atomic E-state index is 12.3. The number of alkyl halides is 3. The minimum absolute atomic E-state index is 0.0347. The molecule has 9 heteroatoms. The van der Waals surface area contributed by atoms with Gasteiger partial charge in [-0.25, -0.2) is 0 Å². The zero-order valence-electron chi connectivity index (χ0n) is 12.3. The molecule has 0 saturated carbocycles. The van der Waals surface area contributed by atoms with Crippen LogP contribution in [0.3, 0.4) is 0 Å². The summed E-state index contributed by atoms with van der Waals surface area (Å²) in [6, 6.07) is 0. The number of rotatable bonds is 6. The van der Waals surface area contributed by atoms with E-state index in [1.165, 1.54) is 6.08 Å². The van der Waals surface area contributed by atoms with E-state index < -0.39 is 18.4 Å². The maximum atomic E-state index is 12.3. The number of hydrogen-bond donors (Lipinski definition) is 4. The van der Waals surface area contributed by atoms with Crippen LogP contribution in [0.15, 0.2) is 23.4 Å². The normalized spacial score (nSPS) is 23.1. The van der Waals surface area contributed by atoms with Crippen molar-refractivity contribution in [1.82, 2.24) is 15.5 Å². The molecule has 1 heterocycles. The Balaban J connectivity index is 2.89. The van der Waals surface area contributed by atoms with Crippen LogP contribution < -0.4 is 22.1 Å². The van der Waals surface area contributed by atoms with Crippen molar-refractivity contribution in [2.75, 3.05) is 34.3 Å². The van der Waals surface area contributed by atoms with Gasteiger partial charge in [0.1, 0.15) is 5.66 Å². The van der Waals surface area contributed by atoms with Gasteiger partial charge in [-0.3, -0.25) is 5.32 Å². The second kappa shape index (κ2) is 6.44. The highest BCUT2D eigenvalue weighted by atomic mass is 19.4. The summed E-state index contributed by atoms with van der Waals surface area (Å²) in [5.41, 5.74) is 11.2. The van der Waals surface area contributed by atoms with Crippen LogP contribution in [0.5, 0.6) is 0 Å². The molecule has 1 atom stereocenters. The minimum Gasteiger partial charge on any atom is -0.468 e. The van der Waals surface area contributed by atoms with Gasteiger partial charge in [-0.05, 0) is 27.2 Å². The van der Waals surface area contributed by atoms with Crippen molar-refractivity contribution in [2.24, 2.45) is 11.5 Å². The topological polar surface area (TPSA) is 88.6 Å². The van der Waals surface area contributed by atoms with Gasteiger partial charge in [-0.15, -0.1) is 0 Å². The van der Waals surface area contributed by atoms with Gasteiger partial charge in [-0.1, -0.05) is 0 Å². The molecule has 0 aromatic heterocycles. The van der Waals surface area contributed by atoms with Crippen LogP contribution in [0.1, 0.15) is 6.42 Å². The summed E-state index contributed by atoms with van der Waals surface area (Å²) in [6.07, 6.45) is -2.51. The molecule has 0 aromatic carbocycles. The number of ether oxygens (including phenoxy) is 1. The van der Waals surface area contributed by atoms with Crippen molar-refractivity contribution in [3.8, 4) is 0 Å². The van der Waals surface area contributed by atoms with Crippen molar-refractivity contribution in [2.45, 2.75) is 18.3 Å². The predicted molar refractivity (Wildman–Crippen MR) is 73.6 cm³/mol. The lowest BCUT2D eigenvalue weighted by Crippen LogP contribution is -2.61. The number of nitrogens with one attached hydrogen (secondary N) is 2. The largest absolute Gasteiger partial charge is 0.468 e. The van der Waals surface area contributed by atoms with Crippen LogP contribution in [0.25, 0.3) is 0 Å². The van der Waals surface area contributed by atoms with Crippen molar-refractivity contribution in [3.05, 3.63) is 23.4 Å². The van der Waals surface area contributed by atoms with Crippen LogP contribution in [-0.2, 0) is 4.74 Å². The lowest BCUT2D eigenvalue weighted by atomic mass is 9.98. The molecule has 6 N–H and O–H groups in total. The molecule has 0 radical (unpaired) electrons. The highest BCUT2D eigenvalue weighted by Crippen LogP contribution is 2.24. The fourth-order valence-corrected chi connectivity index (χ4v) is 1.90. The van der Waals surface area contributed by atoms with E-state index in [-0.39, 0.29) is 11.6 Å². The number of allylic oxidation sites excluding steroid dienone is 1. The molecule has 0 saturated heterocycles. The summed E-state index contributed by atoms with van der Waals surface area (Å²) in [7, 11) is 5.43. The van der Waals surface area contributed by atoms with Gasteiger partial charge >= 0.3 is 6.18 Å². The molecule has 21 heavy (non-hydrogen) atoms. The van der Waals surface area contributed by atoms with E-state index in [9.17, 15) is 13.2 Å². The molecule has 0 aromatic rings. The summed E-state index contributed by atoms with van der Waals surface area (Å²) in [5, 5.41) is 5.83. The van der Waals surface area contributed by atoms with Crippen molar-refractivity contribution >= 4 is 0 Å². The molecule has 1 unspecified atom stereocenters. The number of nitrogens with zero attached hydrogens (tertiary/aromatic N) is 1. The standard InChI is InChI=1S/C12H22F3N5O/c1-18-11(4-5-20(2)3)9(17)6-8(16)10(19-11)21-7-12(13,14)15/h6,18-19H,4-5,7,16-17H2,1-3H3. The van der Waals surface area contributed by atoms with Gasteiger partial charge in [-0.2, -0.15) is 13.2 Å². The van der Waals surface area contributed by atoms with Gasteiger partial charge in [0.15, 0.2) is 6.61 Å². The first-order valence-electron chi connectivity index (χ1n) is 6.38. The molecule has 0 amide bonds. The number of likely N-dealkylation sites (N-methyl/N-ethyl adjacent to an activating group) is 1. The van der Waals surface area contributed by atoms with Crippen LogP contribution in [0.4, 0.5) is 13.2 Å². The lowest BCUT2D eigenvalue weighted by molar-refractivity contribution is -0.167. The fourth-order valence-electron chi connectivity index (χ4n) is 1.90. The zero-order chi connectivity index (χ0) is 16.3. The van der Waals surface area contributed by atoms with E-state index in [4.69, 9.17) is 16.2 Å². The van der Waals surface area contributed by atoms with Crippen LogP contribution in [0.2, 0.25) is 0 Å². The second-order valence-corrected chi connectivity index (χ2v) is 5.12. The first-order valence-corrected chi connectivity index (χ1v) is 6.38. The highest BCUT2D eigenvalue weighted by Gasteiger charge is 2.37. The van der Waals surface area contributed by atoms with Crippen LogP contribution in [-0.4, -0.2) is 51.0 Å². The van der Waals surface area contributed by atoms with Crippen LogP contribution >= 0.6 is 0 Å². The number of halogens is 3. The highest BCUT2D eigenvalue weighted by molar-refractivity contribution is 5.34. The van der Waals surface area contributed by atoms with Gasteiger partial charge < -0.3 is 26.4 Å². The Morgan fingerprint density at radius 2 is 2.00 bits per heavy atom. The van der Waals surface area contributed by atoms with Crippen molar-refractivity contribution < 1.29 is 17.9 Å². The molecule has 6 nitrogen and oxygen atoms in total. The third-order valence-corrected chi connectivity index (χ3v) is 3.13. The smallest absolute Gasteiger partial charge is 0.422 e. The van der Waals surface area contributed by atoms with Crippen molar-refractivity contribution in [1.29, 1.82) is 0 Å². The molecule has 0 bridgehead atoms. The lowest BCUT2D eigenvalue weighted by Gasteiger charge is -2.40. The average Bonchev–Trinajstić information content (AvgIpc) is 2.36. The number of dihydropyridines is 1. The van der Waals surface area contributed by atoms with E-state index in [0.29, 0.717) is 18.7 Å². The predicted octanol–water partition coefficient (Wildman–Crippen LogP) is 0.00630. The molecule has 0 aliphatic carbocycles. The Morgan fingerprint density at radius 3 is 2.48 bits per heavy atom. The Morgan fingerprint density at radius 1 is 1.38 bits per heavy atom. The quantitative estimate of drug-likeness (QED) is 0.553. The molecule has 122 valence electrons. The summed E-state index contributed by atoms with van der Waals surface area (Å²) < 4.78 is 41.5. The fraction of sp³-hybridized carbons (Fsp3) is 0.667. The van der Waals surface area contributed by atoms with Gasteiger partial charge in [0, 0.05) is 13.0 Å². The summed E-state index contributed by atoms with van der Waals surface area (Å²) in [5.74, 6) is -0.130. The molecular weight excluding hydrogens is 287 g/mol. The van der Waals surface area contributed by atoms with E-state index in [2.05, 4.69) is 10.6 Å². The minimum atomic E-state index is -4.44. The third kappa shape index (κ3) is 4.71. The van der Waals surface area contributed by atoms with E-state index in [1.54, 1.807) is 7.05 Å². The first-order chi connectivity index (χ1) is 9.59. The van der Waals surface area contributed by atoms with Crippen LogP contribution in [0, 0.1) is 0 Å². The van der Waals surface area contributed by atoms with Gasteiger partial charge in [0.05, 0.1) is 11.4 Å². The second-order valence-electron chi connectivity index (χ2n) is 5.12. The third-order valence-electron chi connectivity index (χ3n) is 3.13. The summed E-state index contributed by atoms with van der Waals surface area (Å²) in [4.78, 5) is 1.94. The van der Waals surface area contributed by atoms with E-state index in [1.807, 2.05) is 19.0 Å².